The lowest BCUT2D eigenvalue weighted by Gasteiger charge is -2.21. The van der Waals surface area contributed by atoms with E-state index in [0.717, 1.165) is 186 Å². The van der Waals surface area contributed by atoms with Crippen molar-refractivity contribution in [2.45, 2.75) is 329 Å². The van der Waals surface area contributed by atoms with E-state index in [1.54, 1.807) is 0 Å². The molecule has 17 nitrogen and oxygen atoms in total. The van der Waals surface area contributed by atoms with E-state index in [4.69, 9.17) is 37.0 Å². The van der Waals surface area contributed by atoms with Gasteiger partial charge in [0.25, 0.3) is 0 Å². The highest BCUT2D eigenvalue weighted by Crippen LogP contribution is 2.45. The van der Waals surface area contributed by atoms with E-state index < -0.39 is 97.5 Å². The Hall–Kier alpha value is -4.54. The van der Waals surface area contributed by atoms with Gasteiger partial charge in [-0.15, -0.1) is 0 Å². The van der Waals surface area contributed by atoms with E-state index in [1.165, 1.54) is 38.5 Å². The maximum absolute atomic E-state index is 13.1. The molecule has 0 radical (unpaired) electrons. The van der Waals surface area contributed by atoms with Crippen LogP contribution in [0.5, 0.6) is 0 Å². The summed E-state index contributed by atoms with van der Waals surface area (Å²) in [6, 6.07) is 0. The Kier molecular flexibility index (Phi) is 69.5. The summed E-state index contributed by atoms with van der Waals surface area (Å²) in [4.78, 5) is 72.9. The highest BCUT2D eigenvalue weighted by Gasteiger charge is 2.30. The number of carbonyl (C=O) groups is 4. The van der Waals surface area contributed by atoms with Gasteiger partial charge in [0.05, 0.1) is 26.4 Å². The summed E-state index contributed by atoms with van der Waals surface area (Å²) in [5.41, 5.74) is 0. The van der Waals surface area contributed by atoms with Crippen molar-refractivity contribution in [2.75, 3.05) is 39.6 Å². The fraction of sp³-hybridized carbons (Fsp3) is 0.704. The summed E-state index contributed by atoms with van der Waals surface area (Å²) >= 11 is 0. The normalized spacial score (nSPS) is 14.6. The van der Waals surface area contributed by atoms with Crippen LogP contribution in [0.15, 0.2) is 122 Å². The SMILES string of the molecule is CC/C=C\C/C=C\C/C=C\C/C=C\CCCCC(=O)OC(COC(=O)CCCCCCCCC/C=C\C/C=C\C/C=C\CC)COP(=O)(O)OCC(O)COP(=O)(O)OCC(COC(=O)CCCCCCC/C=C\CCCCCCCC)OC(=O)CCCCCCC/C=C\C/C=C\CCC. The van der Waals surface area contributed by atoms with Crippen LogP contribution in [0.4, 0.5) is 0 Å². The highest BCUT2D eigenvalue weighted by molar-refractivity contribution is 7.47. The van der Waals surface area contributed by atoms with E-state index in [9.17, 15) is 43.2 Å². The van der Waals surface area contributed by atoms with Crippen molar-refractivity contribution >= 4 is 39.5 Å². The van der Waals surface area contributed by atoms with Gasteiger partial charge < -0.3 is 33.8 Å². The van der Waals surface area contributed by atoms with Gasteiger partial charge in [-0.3, -0.25) is 37.3 Å². The third-order valence-corrected chi connectivity index (χ3v) is 17.8. The van der Waals surface area contributed by atoms with Gasteiger partial charge in [-0.05, 0) is 148 Å². The van der Waals surface area contributed by atoms with Crippen molar-refractivity contribution < 1.29 is 80.2 Å². The number of esters is 4. The second-order valence-corrected chi connectivity index (χ2v) is 28.4. The molecule has 0 aromatic heterocycles. The molecule has 19 heteroatoms. The first-order valence-corrected chi connectivity index (χ1v) is 41.8. The number of unbranched alkanes of at least 4 members (excludes halogenated alkanes) is 26. The number of phosphoric acid groups is 2. The van der Waals surface area contributed by atoms with E-state index >= 15 is 0 Å². The van der Waals surface area contributed by atoms with Crippen LogP contribution in [0.25, 0.3) is 0 Å². The molecular weight excluding hydrogens is 1310 g/mol. The molecular formula is C81H138O17P2. The summed E-state index contributed by atoms with van der Waals surface area (Å²) in [6.45, 7) is 4.50. The van der Waals surface area contributed by atoms with Crippen LogP contribution in [-0.4, -0.2) is 96.7 Å². The fourth-order valence-corrected chi connectivity index (χ4v) is 11.6. The number of hydrogen-bond acceptors (Lipinski definition) is 15. The topological polar surface area (TPSA) is 237 Å². The van der Waals surface area contributed by atoms with Crippen LogP contribution in [0.2, 0.25) is 0 Å². The molecule has 0 aromatic rings. The van der Waals surface area contributed by atoms with E-state index in [2.05, 4.69) is 149 Å². The molecule has 0 heterocycles. The summed E-state index contributed by atoms with van der Waals surface area (Å²) in [6.07, 6.45) is 79.0. The van der Waals surface area contributed by atoms with Gasteiger partial charge in [0.2, 0.25) is 0 Å². The van der Waals surface area contributed by atoms with Crippen molar-refractivity contribution in [1.29, 1.82) is 0 Å². The van der Waals surface area contributed by atoms with Crippen LogP contribution in [0, 0.1) is 0 Å². The molecule has 3 N–H and O–H groups in total. The molecule has 0 aliphatic heterocycles. The zero-order valence-electron chi connectivity index (χ0n) is 62.6. The van der Waals surface area contributed by atoms with Gasteiger partial charge in [-0.2, -0.15) is 0 Å². The zero-order chi connectivity index (χ0) is 73.2. The van der Waals surface area contributed by atoms with Gasteiger partial charge in [-0.25, -0.2) is 9.13 Å². The van der Waals surface area contributed by atoms with E-state index in [0.29, 0.717) is 32.1 Å². The summed E-state index contributed by atoms with van der Waals surface area (Å²) < 4.78 is 68.5. The molecule has 0 aromatic carbocycles. The van der Waals surface area contributed by atoms with Crippen molar-refractivity contribution in [3.05, 3.63) is 122 Å². The molecule has 0 aliphatic carbocycles. The van der Waals surface area contributed by atoms with Crippen LogP contribution < -0.4 is 0 Å². The number of aliphatic hydroxyl groups is 1. The average molecular weight is 1450 g/mol. The third kappa shape index (κ3) is 71.8. The van der Waals surface area contributed by atoms with Gasteiger partial charge in [0.15, 0.2) is 12.2 Å². The van der Waals surface area contributed by atoms with E-state index in [1.807, 2.05) is 0 Å². The van der Waals surface area contributed by atoms with Gasteiger partial charge in [0, 0.05) is 25.7 Å². The molecule has 0 bridgehead atoms. The zero-order valence-corrected chi connectivity index (χ0v) is 64.4. The van der Waals surface area contributed by atoms with Crippen LogP contribution in [0.3, 0.4) is 0 Å². The molecule has 0 aliphatic rings. The predicted molar refractivity (Wildman–Crippen MR) is 408 cm³/mol. The standard InChI is InChI=1S/C81H138O17P2/c1-5-9-13-17-21-25-29-33-36-37-40-43-46-50-54-58-62-66-79(84)92-72-77(98-81(86)68-64-60-56-52-48-44-39-35-31-27-23-19-15-11-7-3)74-96-100(89,90)94-70-75(82)69-93-99(87,88)95-73-76(97-80(85)67-63-59-55-51-47-41-32-28-24-20-16-12-8-4)71-91-78(83)65-61-57-53-49-45-42-38-34-30-26-22-18-14-10-6-2/h9,11,13,15-16,20-21,23,25,27-28,32-36,38-39,48,52,75-77,82H,5-8,10,12,14,17-19,22,24,26,29-31,37,40-47,49-51,53-74H2,1-4H3,(H,87,88)(H,89,90)/b13-9-,15-11-,20-16-,25-21-,27-23-,32-28-,36-33-,38-34-,39-35-,52-48-. The minimum absolute atomic E-state index is 0.0378. The molecule has 0 amide bonds. The molecule has 5 unspecified atom stereocenters. The third-order valence-electron chi connectivity index (χ3n) is 15.9. The van der Waals surface area contributed by atoms with Gasteiger partial charge in [-0.1, -0.05) is 258 Å². The lowest BCUT2D eigenvalue weighted by molar-refractivity contribution is -0.161. The number of hydrogen-bond donors (Lipinski definition) is 3. The first kappa shape index (κ1) is 95.5. The quantitative estimate of drug-likeness (QED) is 0.0169. The fourth-order valence-electron chi connectivity index (χ4n) is 10.0. The number of allylic oxidation sites excluding steroid dienone is 20. The lowest BCUT2D eigenvalue weighted by atomic mass is 10.1. The molecule has 0 fully saturated rings. The lowest BCUT2D eigenvalue weighted by Crippen LogP contribution is -2.30. The maximum Gasteiger partial charge on any atom is 0.472 e. The first-order chi connectivity index (χ1) is 48.7. The Morgan fingerprint density at radius 2 is 0.540 bits per heavy atom. The molecule has 0 rings (SSSR count). The van der Waals surface area contributed by atoms with Gasteiger partial charge in [0.1, 0.15) is 19.3 Å². The smallest absolute Gasteiger partial charge is 0.462 e. The van der Waals surface area contributed by atoms with Crippen molar-refractivity contribution in [1.82, 2.24) is 0 Å². The second kappa shape index (κ2) is 72.8. The molecule has 0 saturated carbocycles. The first-order valence-electron chi connectivity index (χ1n) is 38.8. The highest BCUT2D eigenvalue weighted by atomic mass is 31.2. The summed E-state index contributed by atoms with van der Waals surface area (Å²) in [7, 11) is -9.98. The Morgan fingerprint density at radius 1 is 0.290 bits per heavy atom. The number of phosphoric ester groups is 2. The Balaban J connectivity index is 5.40. The number of aliphatic hydroxyl groups excluding tert-OH is 1. The van der Waals surface area contributed by atoms with Crippen LogP contribution in [-0.2, 0) is 65.4 Å². The molecule has 0 spiro atoms. The minimum atomic E-state index is -4.99. The number of ether oxygens (including phenoxy) is 4. The number of carbonyl (C=O) groups excluding carboxylic acids is 4. The molecule has 0 saturated heterocycles. The monoisotopic (exact) mass is 1440 g/mol. The molecule has 574 valence electrons. The molecule has 5 atom stereocenters. The largest absolute Gasteiger partial charge is 0.472 e. The maximum atomic E-state index is 13.1. The average Bonchev–Trinajstić information content (AvgIpc) is 0.932. The van der Waals surface area contributed by atoms with Crippen LogP contribution in [0.1, 0.15) is 310 Å². The summed E-state index contributed by atoms with van der Waals surface area (Å²) in [5, 5.41) is 10.6. The Bertz CT molecular complexity index is 2370. The minimum Gasteiger partial charge on any atom is -0.462 e. The Labute approximate surface area is 606 Å². The van der Waals surface area contributed by atoms with Crippen molar-refractivity contribution in [2.24, 2.45) is 0 Å². The van der Waals surface area contributed by atoms with Crippen molar-refractivity contribution in [3.8, 4) is 0 Å². The van der Waals surface area contributed by atoms with Gasteiger partial charge >= 0.3 is 39.5 Å². The predicted octanol–water partition coefficient (Wildman–Crippen LogP) is 22.3. The number of rotatable bonds is 72. The van der Waals surface area contributed by atoms with Crippen LogP contribution >= 0.6 is 15.6 Å². The second-order valence-electron chi connectivity index (χ2n) is 25.5. The van der Waals surface area contributed by atoms with Crippen molar-refractivity contribution in [3.63, 3.8) is 0 Å². The summed E-state index contributed by atoms with van der Waals surface area (Å²) in [5.74, 6) is -2.25. The van der Waals surface area contributed by atoms with E-state index in [-0.39, 0.29) is 25.7 Å². The molecule has 100 heavy (non-hydrogen) atoms. The Morgan fingerprint density at radius 3 is 0.870 bits per heavy atom.